The smallest absolute Gasteiger partial charge is 0.303 e. The summed E-state index contributed by atoms with van der Waals surface area (Å²) in [6.07, 6.45) is 1.45. The number of carbonyl (C=O) groups excluding carboxylic acids is 1. The van der Waals surface area contributed by atoms with Crippen molar-refractivity contribution in [2.75, 3.05) is 6.54 Å². The van der Waals surface area contributed by atoms with E-state index in [1.54, 1.807) is 11.4 Å². The summed E-state index contributed by atoms with van der Waals surface area (Å²) in [4.78, 5) is 21.6. The minimum atomic E-state index is -0.792. The lowest BCUT2D eigenvalue weighted by molar-refractivity contribution is -0.137. The number of carbonyl (C=O) groups is 2. The van der Waals surface area contributed by atoms with E-state index in [4.69, 9.17) is 5.11 Å². The van der Waals surface area contributed by atoms with Gasteiger partial charge in [0, 0.05) is 23.9 Å². The van der Waals surface area contributed by atoms with Crippen molar-refractivity contribution in [3.63, 3.8) is 0 Å². The van der Waals surface area contributed by atoms with Crippen molar-refractivity contribution < 1.29 is 14.7 Å². The van der Waals surface area contributed by atoms with Gasteiger partial charge in [0.05, 0.1) is 0 Å². The Hall–Kier alpha value is -1.36. The van der Waals surface area contributed by atoms with Crippen LogP contribution in [0.4, 0.5) is 0 Å². The molecule has 1 amide bonds. The summed E-state index contributed by atoms with van der Waals surface area (Å²) in [5.41, 5.74) is 0.665. The van der Waals surface area contributed by atoms with Crippen LogP contribution in [0.3, 0.4) is 0 Å². The van der Waals surface area contributed by atoms with Crippen LogP contribution in [0.1, 0.15) is 29.6 Å². The molecule has 1 rings (SSSR count). The lowest BCUT2D eigenvalue weighted by Crippen LogP contribution is -2.23. The first-order valence-electron chi connectivity index (χ1n) is 4.72. The SMILES string of the molecule is O=C(O)CCCCNC(=O)c1ccsc1. The summed E-state index contributed by atoms with van der Waals surface area (Å²) in [5.74, 6) is -0.884. The largest absolute Gasteiger partial charge is 0.481 e. The lowest BCUT2D eigenvalue weighted by atomic mass is 10.2. The van der Waals surface area contributed by atoms with Gasteiger partial charge in [-0.1, -0.05) is 0 Å². The summed E-state index contributed by atoms with van der Waals surface area (Å²) in [6, 6.07) is 1.76. The Morgan fingerprint density at radius 2 is 2.20 bits per heavy atom. The molecule has 0 aliphatic carbocycles. The number of amides is 1. The lowest BCUT2D eigenvalue weighted by Gasteiger charge is -2.02. The van der Waals surface area contributed by atoms with Crippen molar-refractivity contribution in [1.82, 2.24) is 5.32 Å². The predicted molar refractivity (Wildman–Crippen MR) is 58.1 cm³/mol. The Morgan fingerprint density at radius 3 is 2.80 bits per heavy atom. The fourth-order valence-electron chi connectivity index (χ4n) is 1.10. The molecule has 0 aliphatic rings. The van der Waals surface area contributed by atoms with Gasteiger partial charge in [0.2, 0.25) is 0 Å². The molecule has 5 heteroatoms. The van der Waals surface area contributed by atoms with E-state index in [1.165, 1.54) is 11.3 Å². The van der Waals surface area contributed by atoms with Crippen molar-refractivity contribution in [1.29, 1.82) is 0 Å². The van der Waals surface area contributed by atoms with Gasteiger partial charge < -0.3 is 10.4 Å². The fraction of sp³-hybridized carbons (Fsp3) is 0.400. The van der Waals surface area contributed by atoms with Crippen LogP contribution in [-0.2, 0) is 4.79 Å². The summed E-state index contributed by atoms with van der Waals surface area (Å²) in [5, 5.41) is 14.8. The fourth-order valence-corrected chi connectivity index (χ4v) is 1.73. The van der Waals surface area contributed by atoms with E-state index in [0.717, 1.165) is 0 Å². The molecule has 0 saturated carbocycles. The Labute approximate surface area is 91.9 Å². The van der Waals surface area contributed by atoms with Crippen LogP contribution in [0, 0.1) is 0 Å². The average Bonchev–Trinajstić information content (AvgIpc) is 2.69. The molecule has 0 spiro atoms. The normalized spacial score (nSPS) is 9.87. The van der Waals surface area contributed by atoms with E-state index in [-0.39, 0.29) is 12.3 Å². The molecular formula is C10H13NO3S. The summed E-state index contributed by atoms with van der Waals surface area (Å²) >= 11 is 1.48. The van der Waals surface area contributed by atoms with Gasteiger partial charge in [-0.3, -0.25) is 9.59 Å². The summed E-state index contributed by atoms with van der Waals surface area (Å²) in [6.45, 7) is 0.530. The summed E-state index contributed by atoms with van der Waals surface area (Å²) < 4.78 is 0. The van der Waals surface area contributed by atoms with Crippen molar-refractivity contribution in [2.45, 2.75) is 19.3 Å². The van der Waals surface area contributed by atoms with Gasteiger partial charge >= 0.3 is 5.97 Å². The van der Waals surface area contributed by atoms with E-state index >= 15 is 0 Å². The molecule has 2 N–H and O–H groups in total. The molecule has 15 heavy (non-hydrogen) atoms. The second kappa shape index (κ2) is 6.19. The second-order valence-electron chi connectivity index (χ2n) is 3.12. The van der Waals surface area contributed by atoms with Crippen LogP contribution >= 0.6 is 11.3 Å². The van der Waals surface area contributed by atoms with Crippen molar-refractivity contribution >= 4 is 23.2 Å². The van der Waals surface area contributed by atoms with Gasteiger partial charge in [-0.25, -0.2) is 0 Å². The Kier molecular flexibility index (Phi) is 4.83. The number of unbranched alkanes of at least 4 members (excludes halogenated alkanes) is 1. The molecule has 0 fully saturated rings. The molecule has 4 nitrogen and oxygen atoms in total. The van der Waals surface area contributed by atoms with Crippen LogP contribution in [0.25, 0.3) is 0 Å². The molecule has 0 atom stereocenters. The maximum atomic E-state index is 11.4. The Morgan fingerprint density at radius 1 is 1.40 bits per heavy atom. The molecule has 0 aromatic carbocycles. The van der Waals surface area contributed by atoms with Gasteiger partial charge in [0.1, 0.15) is 0 Å². The third-order valence-electron chi connectivity index (χ3n) is 1.89. The van der Waals surface area contributed by atoms with Gasteiger partial charge in [-0.15, -0.1) is 0 Å². The molecule has 0 unspecified atom stereocenters. The third-order valence-corrected chi connectivity index (χ3v) is 2.57. The van der Waals surface area contributed by atoms with E-state index < -0.39 is 5.97 Å². The molecule has 0 bridgehead atoms. The predicted octanol–water partition coefficient (Wildman–Crippen LogP) is 1.73. The highest BCUT2D eigenvalue weighted by Gasteiger charge is 2.04. The molecular weight excluding hydrogens is 214 g/mol. The van der Waals surface area contributed by atoms with Crippen LogP contribution in [0.15, 0.2) is 16.8 Å². The number of hydrogen-bond acceptors (Lipinski definition) is 3. The maximum absolute atomic E-state index is 11.4. The maximum Gasteiger partial charge on any atom is 0.303 e. The quantitative estimate of drug-likeness (QED) is 0.727. The highest BCUT2D eigenvalue weighted by Crippen LogP contribution is 2.05. The first kappa shape index (κ1) is 11.7. The van der Waals surface area contributed by atoms with Crippen molar-refractivity contribution in [2.24, 2.45) is 0 Å². The third kappa shape index (κ3) is 4.60. The van der Waals surface area contributed by atoms with E-state index in [9.17, 15) is 9.59 Å². The zero-order valence-electron chi connectivity index (χ0n) is 8.23. The Bertz CT molecular complexity index is 321. The van der Waals surface area contributed by atoms with Crippen LogP contribution in [-0.4, -0.2) is 23.5 Å². The number of rotatable bonds is 6. The second-order valence-corrected chi connectivity index (χ2v) is 3.90. The van der Waals surface area contributed by atoms with Gasteiger partial charge in [-0.05, 0) is 24.3 Å². The van der Waals surface area contributed by atoms with Gasteiger partial charge in [-0.2, -0.15) is 11.3 Å². The molecule has 1 aromatic rings. The molecule has 1 aromatic heterocycles. The van der Waals surface area contributed by atoms with E-state index in [2.05, 4.69) is 5.32 Å². The number of carboxylic acid groups (broad SMARTS) is 1. The number of carboxylic acids is 1. The van der Waals surface area contributed by atoms with Crippen LogP contribution in [0.5, 0.6) is 0 Å². The van der Waals surface area contributed by atoms with Gasteiger partial charge in [0.15, 0.2) is 0 Å². The average molecular weight is 227 g/mol. The molecule has 1 heterocycles. The zero-order valence-corrected chi connectivity index (χ0v) is 9.05. The van der Waals surface area contributed by atoms with Crippen molar-refractivity contribution in [3.8, 4) is 0 Å². The monoisotopic (exact) mass is 227 g/mol. The molecule has 0 radical (unpaired) electrons. The molecule has 0 aliphatic heterocycles. The van der Waals surface area contributed by atoms with E-state index in [0.29, 0.717) is 24.9 Å². The first-order chi connectivity index (χ1) is 7.20. The number of nitrogens with one attached hydrogen (secondary N) is 1. The van der Waals surface area contributed by atoms with Crippen LogP contribution < -0.4 is 5.32 Å². The highest BCUT2D eigenvalue weighted by molar-refractivity contribution is 7.08. The molecule has 82 valence electrons. The van der Waals surface area contributed by atoms with Gasteiger partial charge in [0.25, 0.3) is 5.91 Å². The van der Waals surface area contributed by atoms with E-state index in [1.807, 2.05) is 5.38 Å². The Balaban J connectivity index is 2.10. The number of aliphatic carboxylic acids is 1. The zero-order chi connectivity index (χ0) is 11.1. The highest BCUT2D eigenvalue weighted by atomic mass is 32.1. The number of thiophene rings is 1. The van der Waals surface area contributed by atoms with Crippen molar-refractivity contribution in [3.05, 3.63) is 22.4 Å². The summed E-state index contributed by atoms with van der Waals surface area (Å²) in [7, 11) is 0. The minimum absolute atomic E-state index is 0.0911. The molecule has 0 saturated heterocycles. The topological polar surface area (TPSA) is 66.4 Å². The first-order valence-corrected chi connectivity index (χ1v) is 5.66. The standard InChI is InChI=1S/C10H13NO3S/c12-9(13)3-1-2-5-11-10(14)8-4-6-15-7-8/h4,6-7H,1-3,5H2,(H,11,14)(H,12,13). The number of hydrogen-bond donors (Lipinski definition) is 2. The van der Waals surface area contributed by atoms with Crippen LogP contribution in [0.2, 0.25) is 0 Å². The minimum Gasteiger partial charge on any atom is -0.481 e.